The molecule has 0 fully saturated rings. The summed E-state index contributed by atoms with van der Waals surface area (Å²) in [5, 5.41) is 2.43. The van der Waals surface area contributed by atoms with Crippen LogP contribution in [0.4, 0.5) is 5.69 Å². The van der Waals surface area contributed by atoms with E-state index < -0.39 is 0 Å². The molecule has 2 heterocycles. The lowest BCUT2D eigenvalue weighted by Gasteiger charge is -2.18. The van der Waals surface area contributed by atoms with Gasteiger partial charge in [0.05, 0.1) is 25.1 Å². The average Bonchev–Trinajstić information content (AvgIpc) is 3.25. The lowest BCUT2D eigenvalue weighted by atomic mass is 9.92. The second-order valence-electron chi connectivity index (χ2n) is 5.80. The number of aryl methyl sites for hydroxylation is 2. The molecule has 0 N–H and O–H groups in total. The van der Waals surface area contributed by atoms with Crippen molar-refractivity contribution in [1.29, 1.82) is 0 Å². The van der Waals surface area contributed by atoms with E-state index in [9.17, 15) is 0 Å². The zero-order chi connectivity index (χ0) is 18.7. The van der Waals surface area contributed by atoms with Gasteiger partial charge in [-0.1, -0.05) is 0 Å². The lowest BCUT2D eigenvalue weighted by Crippen LogP contribution is -2.03. The maximum atomic E-state index is 5.91. The van der Waals surface area contributed by atoms with Gasteiger partial charge < -0.3 is 18.3 Å². The fourth-order valence-corrected chi connectivity index (χ4v) is 3.02. The molecule has 0 bridgehead atoms. The molecule has 0 aliphatic rings. The van der Waals surface area contributed by atoms with E-state index in [1.54, 1.807) is 20.3 Å². The number of ether oxygens (including phenoxy) is 2. The number of aliphatic imine (C=N–C) groups is 1. The van der Waals surface area contributed by atoms with Crippen molar-refractivity contribution in [3.63, 3.8) is 0 Å². The number of thiocarbonyl (C=S) groups is 1. The molecule has 0 unspecified atom stereocenters. The molecule has 1 aromatic carbocycles. The van der Waals surface area contributed by atoms with Crippen molar-refractivity contribution in [2.24, 2.45) is 4.99 Å². The number of hydrogen-bond acceptors (Lipinski definition) is 6. The maximum absolute atomic E-state index is 5.91. The van der Waals surface area contributed by atoms with Gasteiger partial charge in [-0.15, -0.1) is 0 Å². The molecule has 134 valence electrons. The van der Waals surface area contributed by atoms with E-state index in [0.717, 1.165) is 28.6 Å². The number of furan rings is 2. The Bertz CT molecular complexity index is 926. The van der Waals surface area contributed by atoms with Crippen LogP contribution < -0.4 is 9.47 Å². The van der Waals surface area contributed by atoms with Crippen LogP contribution in [0.3, 0.4) is 0 Å². The number of nitrogens with zero attached hydrogens (tertiary/aromatic N) is 1. The topological polar surface area (TPSA) is 57.1 Å². The van der Waals surface area contributed by atoms with Gasteiger partial charge >= 0.3 is 0 Å². The smallest absolute Gasteiger partial charge is 0.162 e. The predicted molar refractivity (Wildman–Crippen MR) is 102 cm³/mol. The van der Waals surface area contributed by atoms with E-state index >= 15 is 0 Å². The summed E-state index contributed by atoms with van der Waals surface area (Å²) in [7, 11) is 3.17. The Labute approximate surface area is 157 Å². The van der Waals surface area contributed by atoms with Gasteiger partial charge in [-0.25, -0.2) is 0 Å². The maximum Gasteiger partial charge on any atom is 0.162 e. The van der Waals surface area contributed by atoms with Crippen LogP contribution in [0.15, 0.2) is 50.2 Å². The molecular weight excluding hydrogens is 350 g/mol. The molecule has 0 aliphatic carbocycles. The highest BCUT2D eigenvalue weighted by atomic mass is 32.1. The third-order valence-corrected chi connectivity index (χ3v) is 4.19. The molecule has 3 aromatic rings. The van der Waals surface area contributed by atoms with Gasteiger partial charge in [-0.3, -0.25) is 0 Å². The number of isothiocyanates is 1. The SMILES string of the molecule is COc1cc(N=C=S)c(C(c2ccc(C)o2)c2ccc(C)o2)cc1OC. The molecule has 26 heavy (non-hydrogen) atoms. The van der Waals surface area contributed by atoms with E-state index in [1.165, 1.54) is 0 Å². The van der Waals surface area contributed by atoms with Gasteiger partial charge in [-0.2, -0.15) is 4.99 Å². The fourth-order valence-electron chi connectivity index (χ4n) is 2.93. The highest BCUT2D eigenvalue weighted by Crippen LogP contribution is 2.43. The second kappa shape index (κ2) is 7.60. The van der Waals surface area contributed by atoms with Crippen LogP contribution in [0.5, 0.6) is 11.5 Å². The Kier molecular flexibility index (Phi) is 5.26. The van der Waals surface area contributed by atoms with Gasteiger partial charge in [-0.05, 0) is 56.4 Å². The third kappa shape index (κ3) is 3.43. The number of methoxy groups -OCH3 is 2. The zero-order valence-electron chi connectivity index (χ0n) is 15.0. The lowest BCUT2D eigenvalue weighted by molar-refractivity contribution is 0.354. The van der Waals surface area contributed by atoms with Crippen molar-refractivity contribution in [2.45, 2.75) is 19.8 Å². The minimum atomic E-state index is -0.306. The van der Waals surface area contributed by atoms with Crippen molar-refractivity contribution in [1.82, 2.24) is 0 Å². The van der Waals surface area contributed by atoms with E-state index in [0.29, 0.717) is 17.2 Å². The summed E-state index contributed by atoms with van der Waals surface area (Å²) in [5.41, 5.74) is 1.44. The van der Waals surface area contributed by atoms with Crippen LogP contribution in [-0.2, 0) is 0 Å². The second-order valence-corrected chi connectivity index (χ2v) is 5.98. The first-order valence-electron chi connectivity index (χ1n) is 8.03. The number of hydrogen-bond donors (Lipinski definition) is 0. The first-order valence-corrected chi connectivity index (χ1v) is 8.44. The van der Waals surface area contributed by atoms with E-state index in [-0.39, 0.29) is 5.92 Å². The van der Waals surface area contributed by atoms with Crippen LogP contribution in [-0.4, -0.2) is 19.4 Å². The summed E-state index contributed by atoms with van der Waals surface area (Å²) >= 11 is 4.83. The van der Waals surface area contributed by atoms with Gasteiger partial charge in [0.15, 0.2) is 11.5 Å². The Balaban J connectivity index is 2.27. The summed E-state index contributed by atoms with van der Waals surface area (Å²) < 4.78 is 22.7. The minimum absolute atomic E-state index is 0.306. The van der Waals surface area contributed by atoms with Crippen molar-refractivity contribution in [3.8, 4) is 11.5 Å². The molecule has 0 saturated carbocycles. The Morgan fingerprint density at radius 2 is 1.46 bits per heavy atom. The summed E-state index contributed by atoms with van der Waals surface area (Å²) in [4.78, 5) is 4.22. The van der Waals surface area contributed by atoms with Crippen molar-refractivity contribution < 1.29 is 18.3 Å². The van der Waals surface area contributed by atoms with Crippen molar-refractivity contribution in [2.75, 3.05) is 14.2 Å². The molecule has 0 spiro atoms. The van der Waals surface area contributed by atoms with E-state index in [2.05, 4.69) is 10.2 Å². The standard InChI is InChI=1S/C20H19NO4S/c1-12-5-7-16(24-12)20(17-8-6-13(2)25-17)14-9-18(22-3)19(23-4)10-15(14)21-11-26/h5-10,20H,1-4H3. The monoisotopic (exact) mass is 369 g/mol. The van der Waals surface area contributed by atoms with Crippen LogP contribution in [0.1, 0.15) is 34.5 Å². The Morgan fingerprint density at radius 1 is 0.923 bits per heavy atom. The predicted octanol–water partition coefficient (Wildman–Crippen LogP) is 5.42. The molecule has 0 radical (unpaired) electrons. The zero-order valence-corrected chi connectivity index (χ0v) is 15.8. The van der Waals surface area contributed by atoms with Crippen LogP contribution in [0, 0.1) is 13.8 Å². The quantitative estimate of drug-likeness (QED) is 0.429. The molecule has 0 saturated heterocycles. The molecule has 0 amide bonds. The largest absolute Gasteiger partial charge is 0.493 e. The van der Waals surface area contributed by atoms with Crippen molar-refractivity contribution >= 4 is 23.1 Å². The number of rotatable bonds is 6. The molecule has 0 aliphatic heterocycles. The summed E-state index contributed by atoms with van der Waals surface area (Å²) in [6.45, 7) is 3.80. The summed E-state index contributed by atoms with van der Waals surface area (Å²) in [6.07, 6.45) is 0. The summed E-state index contributed by atoms with van der Waals surface area (Å²) in [5.74, 6) is 3.95. The van der Waals surface area contributed by atoms with Crippen LogP contribution >= 0.6 is 12.2 Å². The Morgan fingerprint density at radius 3 is 1.88 bits per heavy atom. The fraction of sp³-hybridized carbons (Fsp3) is 0.250. The highest BCUT2D eigenvalue weighted by Gasteiger charge is 2.27. The average molecular weight is 369 g/mol. The molecule has 0 atom stereocenters. The van der Waals surface area contributed by atoms with E-state index in [1.807, 2.05) is 44.2 Å². The van der Waals surface area contributed by atoms with E-state index in [4.69, 9.17) is 30.5 Å². The molecule has 2 aromatic heterocycles. The molecule has 6 heteroatoms. The molecule has 5 nitrogen and oxygen atoms in total. The van der Waals surface area contributed by atoms with Gasteiger partial charge in [0.1, 0.15) is 29.0 Å². The minimum Gasteiger partial charge on any atom is -0.493 e. The van der Waals surface area contributed by atoms with Crippen LogP contribution in [0.25, 0.3) is 0 Å². The molecule has 3 rings (SSSR count). The number of benzene rings is 1. The van der Waals surface area contributed by atoms with Gasteiger partial charge in [0, 0.05) is 11.6 Å². The van der Waals surface area contributed by atoms with Crippen molar-refractivity contribution in [3.05, 3.63) is 65.0 Å². The summed E-state index contributed by atoms with van der Waals surface area (Å²) in [6, 6.07) is 11.3. The third-order valence-electron chi connectivity index (χ3n) is 4.10. The first-order chi connectivity index (χ1) is 12.6. The normalized spacial score (nSPS) is 10.7. The molecular formula is C20H19NO4S. The van der Waals surface area contributed by atoms with Gasteiger partial charge in [0.25, 0.3) is 0 Å². The Hall–Kier alpha value is -2.82. The van der Waals surface area contributed by atoms with Crippen LogP contribution in [0.2, 0.25) is 0 Å². The van der Waals surface area contributed by atoms with Gasteiger partial charge in [0.2, 0.25) is 0 Å². The highest BCUT2D eigenvalue weighted by molar-refractivity contribution is 7.78. The first kappa shape index (κ1) is 18.0.